The van der Waals surface area contributed by atoms with Crippen LogP contribution in [0.1, 0.15) is 40.8 Å². The van der Waals surface area contributed by atoms with Gasteiger partial charge in [-0.1, -0.05) is 0 Å². The van der Waals surface area contributed by atoms with Crippen LogP contribution in [0.4, 0.5) is 0 Å². The SMILES string of the molecule is COCc1nc(OC)c2c(C)c(C(=O)N3CCCC3(C)C(=O)O)sc2n1. The Hall–Kier alpha value is -2.26. The van der Waals surface area contributed by atoms with Gasteiger partial charge in [-0.05, 0) is 32.3 Å². The Labute approximate surface area is 154 Å². The van der Waals surface area contributed by atoms with Crippen molar-refractivity contribution in [2.45, 2.75) is 38.8 Å². The topological polar surface area (TPSA) is 102 Å². The number of likely N-dealkylation sites (tertiary alicyclic amines) is 1. The lowest BCUT2D eigenvalue weighted by Crippen LogP contribution is -2.50. The number of amides is 1. The Morgan fingerprint density at radius 1 is 1.35 bits per heavy atom. The minimum atomic E-state index is -1.18. The molecule has 0 bridgehead atoms. The van der Waals surface area contributed by atoms with Gasteiger partial charge in [0.1, 0.15) is 17.0 Å². The fourth-order valence-corrected chi connectivity index (χ4v) is 4.46. The highest BCUT2D eigenvalue weighted by Crippen LogP contribution is 2.38. The summed E-state index contributed by atoms with van der Waals surface area (Å²) in [7, 11) is 3.06. The minimum Gasteiger partial charge on any atom is -0.480 e. The molecule has 1 atom stereocenters. The summed E-state index contributed by atoms with van der Waals surface area (Å²) < 4.78 is 10.5. The molecule has 140 valence electrons. The number of ether oxygens (including phenoxy) is 2. The van der Waals surface area contributed by atoms with Crippen LogP contribution < -0.4 is 4.74 Å². The molecule has 1 saturated heterocycles. The van der Waals surface area contributed by atoms with Crippen molar-refractivity contribution in [2.24, 2.45) is 0 Å². The van der Waals surface area contributed by atoms with E-state index in [-0.39, 0.29) is 12.5 Å². The molecule has 1 unspecified atom stereocenters. The Kier molecular flexibility index (Phi) is 4.85. The zero-order valence-corrected chi connectivity index (χ0v) is 16.0. The van der Waals surface area contributed by atoms with E-state index in [1.54, 1.807) is 14.0 Å². The molecule has 3 heterocycles. The van der Waals surface area contributed by atoms with Crippen molar-refractivity contribution in [3.05, 3.63) is 16.3 Å². The van der Waals surface area contributed by atoms with Crippen LogP contribution in [-0.4, -0.2) is 58.2 Å². The van der Waals surface area contributed by atoms with Crippen LogP contribution in [0.5, 0.6) is 5.88 Å². The Morgan fingerprint density at radius 2 is 2.08 bits per heavy atom. The number of fused-ring (bicyclic) bond motifs is 1. The average molecular weight is 379 g/mol. The first-order valence-electron chi connectivity index (χ1n) is 8.21. The van der Waals surface area contributed by atoms with Crippen molar-refractivity contribution in [3.8, 4) is 5.88 Å². The molecule has 1 N–H and O–H groups in total. The zero-order valence-electron chi connectivity index (χ0n) is 15.2. The third-order valence-electron chi connectivity index (χ3n) is 4.81. The van der Waals surface area contributed by atoms with E-state index in [1.807, 2.05) is 6.92 Å². The van der Waals surface area contributed by atoms with Gasteiger partial charge in [-0.25, -0.2) is 9.78 Å². The number of carboxylic acid groups (broad SMARTS) is 1. The molecule has 0 radical (unpaired) electrons. The van der Waals surface area contributed by atoms with Gasteiger partial charge >= 0.3 is 5.97 Å². The molecular weight excluding hydrogens is 358 g/mol. The summed E-state index contributed by atoms with van der Waals surface area (Å²) in [5.74, 6) is -0.420. The first-order chi connectivity index (χ1) is 12.3. The Balaban J connectivity index is 2.09. The molecule has 26 heavy (non-hydrogen) atoms. The lowest BCUT2D eigenvalue weighted by atomic mass is 9.99. The molecular formula is C17H21N3O5S. The number of carbonyl (C=O) groups is 2. The Morgan fingerprint density at radius 3 is 2.69 bits per heavy atom. The maximum absolute atomic E-state index is 13.1. The number of hydrogen-bond donors (Lipinski definition) is 1. The molecule has 1 amide bonds. The van der Waals surface area contributed by atoms with Crippen LogP contribution in [0.25, 0.3) is 10.2 Å². The fourth-order valence-electron chi connectivity index (χ4n) is 3.32. The number of carboxylic acids is 1. The van der Waals surface area contributed by atoms with Gasteiger partial charge in [0.15, 0.2) is 5.82 Å². The van der Waals surface area contributed by atoms with E-state index < -0.39 is 11.5 Å². The largest absolute Gasteiger partial charge is 0.480 e. The highest BCUT2D eigenvalue weighted by atomic mass is 32.1. The van der Waals surface area contributed by atoms with Gasteiger partial charge in [-0.15, -0.1) is 11.3 Å². The molecule has 0 aromatic carbocycles. The number of aryl methyl sites for hydroxylation is 1. The average Bonchev–Trinajstić information content (AvgIpc) is 3.16. The van der Waals surface area contributed by atoms with Gasteiger partial charge in [-0.2, -0.15) is 4.98 Å². The van der Waals surface area contributed by atoms with Crippen LogP contribution in [-0.2, 0) is 16.1 Å². The summed E-state index contributed by atoms with van der Waals surface area (Å²) in [6.07, 6.45) is 1.11. The summed E-state index contributed by atoms with van der Waals surface area (Å²) in [4.78, 5) is 36.1. The first kappa shape index (κ1) is 18.5. The van der Waals surface area contributed by atoms with E-state index in [1.165, 1.54) is 23.3 Å². The van der Waals surface area contributed by atoms with Gasteiger partial charge in [-0.3, -0.25) is 4.79 Å². The van der Waals surface area contributed by atoms with E-state index in [2.05, 4.69) is 9.97 Å². The monoisotopic (exact) mass is 379 g/mol. The maximum atomic E-state index is 13.1. The van der Waals surface area contributed by atoms with E-state index in [0.29, 0.717) is 51.7 Å². The van der Waals surface area contributed by atoms with Gasteiger partial charge < -0.3 is 19.5 Å². The smallest absolute Gasteiger partial charge is 0.329 e. The zero-order chi connectivity index (χ0) is 19.1. The van der Waals surface area contributed by atoms with Crippen molar-refractivity contribution >= 4 is 33.4 Å². The quantitative estimate of drug-likeness (QED) is 0.850. The highest BCUT2D eigenvalue weighted by Gasteiger charge is 2.46. The molecule has 1 fully saturated rings. The van der Waals surface area contributed by atoms with Crippen LogP contribution in [0.15, 0.2) is 0 Å². The summed E-state index contributed by atoms with van der Waals surface area (Å²) in [5.41, 5.74) is -0.480. The van der Waals surface area contributed by atoms with Crippen LogP contribution in [0, 0.1) is 6.92 Å². The van der Waals surface area contributed by atoms with Crippen LogP contribution in [0.2, 0.25) is 0 Å². The predicted octanol–water partition coefficient (Wildman–Crippen LogP) is 2.23. The Bertz CT molecular complexity index is 881. The molecule has 0 spiro atoms. The highest BCUT2D eigenvalue weighted by molar-refractivity contribution is 7.20. The number of carbonyl (C=O) groups excluding carboxylic acids is 1. The van der Waals surface area contributed by atoms with E-state index >= 15 is 0 Å². The van der Waals surface area contributed by atoms with Crippen molar-refractivity contribution in [1.29, 1.82) is 0 Å². The number of rotatable bonds is 5. The number of methoxy groups -OCH3 is 2. The fraction of sp³-hybridized carbons (Fsp3) is 0.529. The van der Waals surface area contributed by atoms with Gasteiger partial charge in [0, 0.05) is 13.7 Å². The maximum Gasteiger partial charge on any atom is 0.329 e. The summed E-state index contributed by atoms with van der Waals surface area (Å²) in [5, 5.41) is 10.3. The van der Waals surface area contributed by atoms with Crippen molar-refractivity contribution in [2.75, 3.05) is 20.8 Å². The predicted molar refractivity (Wildman–Crippen MR) is 95.7 cm³/mol. The second kappa shape index (κ2) is 6.81. The summed E-state index contributed by atoms with van der Waals surface area (Å²) in [6, 6.07) is 0. The lowest BCUT2D eigenvalue weighted by molar-refractivity contribution is -0.147. The number of hydrogen-bond acceptors (Lipinski definition) is 7. The molecule has 9 heteroatoms. The van der Waals surface area contributed by atoms with E-state index in [0.717, 1.165) is 0 Å². The third kappa shape index (κ3) is 2.80. The van der Waals surface area contributed by atoms with E-state index in [4.69, 9.17) is 9.47 Å². The van der Waals surface area contributed by atoms with Gasteiger partial charge in [0.2, 0.25) is 5.88 Å². The normalized spacial score (nSPS) is 19.9. The van der Waals surface area contributed by atoms with Crippen molar-refractivity contribution < 1.29 is 24.2 Å². The second-order valence-electron chi connectivity index (χ2n) is 6.46. The molecule has 0 aliphatic carbocycles. The lowest BCUT2D eigenvalue weighted by Gasteiger charge is -2.31. The molecule has 0 saturated carbocycles. The van der Waals surface area contributed by atoms with E-state index in [9.17, 15) is 14.7 Å². The molecule has 1 aliphatic rings. The summed E-state index contributed by atoms with van der Waals surface area (Å²) in [6.45, 7) is 4.06. The standard InChI is InChI=1S/C17H21N3O5S/c1-9-11-13(25-4)18-10(8-24-3)19-14(11)26-12(9)15(21)20-7-5-6-17(20,2)16(22)23/h5-8H2,1-4H3,(H,22,23). The number of aliphatic carboxylic acids is 1. The third-order valence-corrected chi connectivity index (χ3v) is 5.98. The number of thiophene rings is 1. The first-order valence-corrected chi connectivity index (χ1v) is 9.03. The van der Waals surface area contributed by atoms with Crippen LogP contribution >= 0.6 is 11.3 Å². The van der Waals surface area contributed by atoms with Gasteiger partial charge in [0.25, 0.3) is 5.91 Å². The van der Waals surface area contributed by atoms with Crippen LogP contribution in [0.3, 0.4) is 0 Å². The molecule has 2 aromatic rings. The second-order valence-corrected chi connectivity index (χ2v) is 7.46. The van der Waals surface area contributed by atoms with Crippen molar-refractivity contribution in [1.82, 2.24) is 14.9 Å². The summed E-state index contributed by atoms with van der Waals surface area (Å²) >= 11 is 1.23. The van der Waals surface area contributed by atoms with Crippen molar-refractivity contribution in [3.63, 3.8) is 0 Å². The molecule has 8 nitrogen and oxygen atoms in total. The molecule has 2 aromatic heterocycles. The van der Waals surface area contributed by atoms with Gasteiger partial charge in [0.05, 0.1) is 17.4 Å². The minimum absolute atomic E-state index is 0.232. The molecule has 3 rings (SSSR count). The number of nitrogens with zero attached hydrogens (tertiary/aromatic N) is 3. The molecule has 1 aliphatic heterocycles. The number of aromatic nitrogens is 2.